The monoisotopic (exact) mass is 306 g/mol. The lowest BCUT2D eigenvalue weighted by atomic mass is 10.2. The molecule has 1 aromatic rings. The first-order valence-electron chi connectivity index (χ1n) is 7.53. The van der Waals surface area contributed by atoms with Gasteiger partial charge in [0, 0.05) is 39.1 Å². The number of hydrogen-bond donors (Lipinski definition) is 0. The Morgan fingerprint density at radius 2 is 1.82 bits per heavy atom. The third-order valence-electron chi connectivity index (χ3n) is 3.68. The fourth-order valence-electron chi connectivity index (χ4n) is 2.38. The number of carbonyl (C=O) groups is 2. The highest BCUT2D eigenvalue weighted by Gasteiger charge is 2.21. The molecule has 1 aromatic carbocycles. The molecule has 0 aliphatic carbocycles. The van der Waals surface area contributed by atoms with Gasteiger partial charge in [-0.15, -0.1) is 0 Å². The molecule has 0 N–H and O–H groups in total. The first-order valence-corrected chi connectivity index (χ1v) is 7.53. The standard InChI is InChI=1S/C16H22N2O4/c19-14-21-13-11-17-7-9-18(10-8-17)16(20)22-12-6-15-4-2-1-3-5-15/h1-5,14H,6-13H2. The quantitative estimate of drug-likeness (QED) is 0.559. The Bertz CT molecular complexity index is 458. The molecule has 120 valence electrons. The Morgan fingerprint density at radius 1 is 1.09 bits per heavy atom. The van der Waals surface area contributed by atoms with Gasteiger partial charge in [-0.1, -0.05) is 30.3 Å². The van der Waals surface area contributed by atoms with E-state index in [4.69, 9.17) is 4.74 Å². The number of benzene rings is 1. The van der Waals surface area contributed by atoms with Crippen LogP contribution in [0.25, 0.3) is 0 Å². The SMILES string of the molecule is O=COCCN1CCN(C(=O)OCCc2ccccc2)CC1. The zero-order valence-electron chi connectivity index (χ0n) is 12.6. The highest BCUT2D eigenvalue weighted by Crippen LogP contribution is 2.05. The molecule has 1 saturated heterocycles. The summed E-state index contributed by atoms with van der Waals surface area (Å²) < 4.78 is 9.99. The van der Waals surface area contributed by atoms with Gasteiger partial charge in [-0.25, -0.2) is 4.79 Å². The normalized spacial score (nSPS) is 15.4. The molecule has 1 aliphatic rings. The molecule has 22 heavy (non-hydrogen) atoms. The van der Waals surface area contributed by atoms with Crippen molar-refractivity contribution in [3.63, 3.8) is 0 Å². The van der Waals surface area contributed by atoms with Crippen LogP contribution in [-0.2, 0) is 20.7 Å². The lowest BCUT2D eigenvalue weighted by Crippen LogP contribution is -2.49. The highest BCUT2D eigenvalue weighted by atomic mass is 16.6. The zero-order valence-corrected chi connectivity index (χ0v) is 12.6. The molecular weight excluding hydrogens is 284 g/mol. The molecule has 2 rings (SSSR count). The van der Waals surface area contributed by atoms with E-state index in [1.807, 2.05) is 30.3 Å². The van der Waals surface area contributed by atoms with Gasteiger partial charge in [0.1, 0.15) is 6.61 Å². The van der Waals surface area contributed by atoms with Gasteiger partial charge in [0.2, 0.25) is 0 Å². The maximum atomic E-state index is 12.0. The number of ether oxygens (including phenoxy) is 2. The summed E-state index contributed by atoms with van der Waals surface area (Å²) >= 11 is 0. The van der Waals surface area contributed by atoms with Crippen LogP contribution >= 0.6 is 0 Å². The van der Waals surface area contributed by atoms with E-state index < -0.39 is 0 Å². The summed E-state index contributed by atoms with van der Waals surface area (Å²) in [4.78, 5) is 25.9. The molecule has 0 atom stereocenters. The van der Waals surface area contributed by atoms with Crippen molar-refractivity contribution in [2.75, 3.05) is 45.9 Å². The zero-order chi connectivity index (χ0) is 15.6. The van der Waals surface area contributed by atoms with Gasteiger partial charge in [0.15, 0.2) is 0 Å². The maximum absolute atomic E-state index is 12.0. The summed E-state index contributed by atoms with van der Waals surface area (Å²) in [6, 6.07) is 9.96. The van der Waals surface area contributed by atoms with Gasteiger partial charge in [-0.2, -0.15) is 0 Å². The smallest absolute Gasteiger partial charge is 0.409 e. The predicted octanol–water partition coefficient (Wildman–Crippen LogP) is 1.16. The Labute approximate surface area is 130 Å². The van der Waals surface area contributed by atoms with Gasteiger partial charge in [0.05, 0.1) is 6.61 Å². The van der Waals surface area contributed by atoms with Gasteiger partial charge in [0.25, 0.3) is 6.47 Å². The van der Waals surface area contributed by atoms with E-state index in [0.29, 0.717) is 39.3 Å². The molecule has 0 aromatic heterocycles. The van der Waals surface area contributed by atoms with Crippen LogP contribution in [0, 0.1) is 0 Å². The van der Waals surface area contributed by atoms with E-state index >= 15 is 0 Å². The summed E-state index contributed by atoms with van der Waals surface area (Å²) in [5, 5.41) is 0. The van der Waals surface area contributed by atoms with Crippen LogP contribution in [0.3, 0.4) is 0 Å². The number of carbonyl (C=O) groups excluding carboxylic acids is 2. The van der Waals surface area contributed by atoms with Crippen LogP contribution < -0.4 is 0 Å². The van der Waals surface area contributed by atoms with Crippen molar-refractivity contribution in [1.82, 2.24) is 9.80 Å². The van der Waals surface area contributed by atoms with Crippen LogP contribution in [0.4, 0.5) is 4.79 Å². The second-order valence-electron chi connectivity index (χ2n) is 5.15. The summed E-state index contributed by atoms with van der Waals surface area (Å²) in [5.74, 6) is 0. The van der Waals surface area contributed by atoms with Crippen molar-refractivity contribution in [3.8, 4) is 0 Å². The molecule has 0 bridgehead atoms. The lowest BCUT2D eigenvalue weighted by Gasteiger charge is -2.33. The van der Waals surface area contributed by atoms with E-state index in [1.54, 1.807) is 4.90 Å². The lowest BCUT2D eigenvalue weighted by molar-refractivity contribution is -0.129. The van der Waals surface area contributed by atoms with Crippen molar-refractivity contribution in [1.29, 1.82) is 0 Å². The van der Waals surface area contributed by atoms with Gasteiger partial charge in [-0.3, -0.25) is 9.69 Å². The number of nitrogens with zero attached hydrogens (tertiary/aromatic N) is 2. The van der Waals surface area contributed by atoms with Crippen molar-refractivity contribution in [3.05, 3.63) is 35.9 Å². The predicted molar refractivity (Wildman–Crippen MR) is 81.5 cm³/mol. The third kappa shape index (κ3) is 5.37. The van der Waals surface area contributed by atoms with E-state index in [0.717, 1.165) is 25.1 Å². The first-order chi connectivity index (χ1) is 10.8. The molecule has 1 amide bonds. The average molecular weight is 306 g/mol. The molecular formula is C16H22N2O4. The summed E-state index contributed by atoms with van der Waals surface area (Å²) in [5.41, 5.74) is 1.16. The van der Waals surface area contributed by atoms with Gasteiger partial charge < -0.3 is 14.4 Å². The number of amides is 1. The Kier molecular flexibility index (Phi) is 6.70. The molecule has 0 spiro atoms. The first kappa shape index (κ1) is 16.3. The maximum Gasteiger partial charge on any atom is 0.409 e. The minimum Gasteiger partial charge on any atom is -0.467 e. The van der Waals surface area contributed by atoms with E-state index in [2.05, 4.69) is 9.64 Å². The largest absolute Gasteiger partial charge is 0.467 e. The molecule has 1 fully saturated rings. The van der Waals surface area contributed by atoms with Crippen LogP contribution in [0.5, 0.6) is 0 Å². The molecule has 1 heterocycles. The van der Waals surface area contributed by atoms with Gasteiger partial charge in [-0.05, 0) is 5.56 Å². The summed E-state index contributed by atoms with van der Waals surface area (Å²) in [7, 11) is 0. The second kappa shape index (κ2) is 9.04. The summed E-state index contributed by atoms with van der Waals surface area (Å²) in [6.07, 6.45) is 0.481. The fourth-order valence-corrected chi connectivity index (χ4v) is 2.38. The van der Waals surface area contributed by atoms with Crippen molar-refractivity contribution in [2.45, 2.75) is 6.42 Å². The Hall–Kier alpha value is -2.08. The van der Waals surface area contributed by atoms with Crippen LogP contribution in [0.1, 0.15) is 5.56 Å². The molecule has 0 saturated carbocycles. The average Bonchev–Trinajstić information content (AvgIpc) is 2.56. The van der Waals surface area contributed by atoms with E-state index in [9.17, 15) is 9.59 Å². The van der Waals surface area contributed by atoms with Crippen molar-refractivity contribution >= 4 is 12.6 Å². The Morgan fingerprint density at radius 3 is 2.50 bits per heavy atom. The minimum absolute atomic E-state index is 0.250. The highest BCUT2D eigenvalue weighted by molar-refractivity contribution is 5.67. The second-order valence-corrected chi connectivity index (χ2v) is 5.15. The van der Waals surface area contributed by atoms with Crippen LogP contribution in [0.2, 0.25) is 0 Å². The molecule has 1 aliphatic heterocycles. The Balaban J connectivity index is 1.61. The van der Waals surface area contributed by atoms with Crippen LogP contribution in [-0.4, -0.2) is 68.3 Å². The summed E-state index contributed by atoms with van der Waals surface area (Å²) in [6.45, 7) is 4.79. The molecule has 6 nitrogen and oxygen atoms in total. The van der Waals surface area contributed by atoms with Gasteiger partial charge >= 0.3 is 6.09 Å². The van der Waals surface area contributed by atoms with E-state index in [-0.39, 0.29) is 6.09 Å². The molecule has 0 radical (unpaired) electrons. The fraction of sp³-hybridized carbons (Fsp3) is 0.500. The van der Waals surface area contributed by atoms with Crippen molar-refractivity contribution in [2.24, 2.45) is 0 Å². The number of hydrogen-bond acceptors (Lipinski definition) is 5. The minimum atomic E-state index is -0.250. The van der Waals surface area contributed by atoms with Crippen LogP contribution in [0.15, 0.2) is 30.3 Å². The third-order valence-corrected chi connectivity index (χ3v) is 3.68. The van der Waals surface area contributed by atoms with E-state index in [1.165, 1.54) is 0 Å². The topological polar surface area (TPSA) is 59.1 Å². The molecule has 6 heteroatoms. The molecule has 0 unspecified atom stereocenters. The van der Waals surface area contributed by atoms with Crippen molar-refractivity contribution < 1.29 is 19.1 Å². The number of piperazine rings is 1. The number of rotatable bonds is 7.